The topological polar surface area (TPSA) is 92.0 Å². The Morgan fingerprint density at radius 1 is 1.13 bits per heavy atom. The molecular formula is C22H21ClO7. The Balaban J connectivity index is 1.83. The lowest BCUT2D eigenvalue weighted by Gasteiger charge is -2.29. The highest BCUT2D eigenvalue weighted by atomic mass is 35.5. The van der Waals surface area contributed by atoms with Crippen LogP contribution in [0.2, 0.25) is 5.02 Å². The van der Waals surface area contributed by atoms with Gasteiger partial charge in [-0.25, -0.2) is 14.4 Å². The molecule has 2 aromatic rings. The van der Waals surface area contributed by atoms with Crippen molar-refractivity contribution in [1.82, 2.24) is 0 Å². The number of furan rings is 1. The molecule has 3 rings (SSSR count). The van der Waals surface area contributed by atoms with Crippen molar-refractivity contribution < 1.29 is 33.0 Å². The van der Waals surface area contributed by atoms with Crippen LogP contribution in [0.3, 0.4) is 0 Å². The fourth-order valence-corrected chi connectivity index (χ4v) is 2.92. The summed E-state index contributed by atoms with van der Waals surface area (Å²) in [6.45, 7) is 5.25. The largest absolute Gasteiger partial charge is 0.462 e. The van der Waals surface area contributed by atoms with Crippen LogP contribution in [-0.4, -0.2) is 30.3 Å². The van der Waals surface area contributed by atoms with E-state index >= 15 is 0 Å². The first-order chi connectivity index (χ1) is 14.2. The highest BCUT2D eigenvalue weighted by molar-refractivity contribution is 6.33. The Labute approximate surface area is 178 Å². The van der Waals surface area contributed by atoms with Gasteiger partial charge in [0.05, 0.1) is 17.2 Å². The molecule has 1 aromatic carbocycles. The Morgan fingerprint density at radius 3 is 2.50 bits per heavy atom. The van der Waals surface area contributed by atoms with Crippen molar-refractivity contribution in [3.63, 3.8) is 0 Å². The molecule has 30 heavy (non-hydrogen) atoms. The number of carbonyl (C=O) groups is 3. The quantitative estimate of drug-likeness (QED) is 0.281. The van der Waals surface area contributed by atoms with Crippen molar-refractivity contribution in [2.24, 2.45) is 0 Å². The molecule has 1 aliphatic rings. The first-order valence-corrected chi connectivity index (χ1v) is 9.83. The second-order valence-electron chi connectivity index (χ2n) is 7.12. The zero-order chi connectivity index (χ0) is 21.9. The number of rotatable bonds is 6. The molecule has 0 spiro atoms. The van der Waals surface area contributed by atoms with E-state index in [0.717, 1.165) is 12.8 Å². The van der Waals surface area contributed by atoms with Gasteiger partial charge in [0.1, 0.15) is 17.1 Å². The Hall–Kier alpha value is -3.06. The van der Waals surface area contributed by atoms with Crippen LogP contribution in [0.5, 0.6) is 0 Å². The summed E-state index contributed by atoms with van der Waals surface area (Å²) in [6.07, 6.45) is 2.92. The molecule has 0 amide bonds. The van der Waals surface area contributed by atoms with E-state index in [1.165, 1.54) is 19.9 Å². The monoisotopic (exact) mass is 432 g/mol. The molecule has 1 saturated heterocycles. The summed E-state index contributed by atoms with van der Waals surface area (Å²) in [7, 11) is 0. The summed E-state index contributed by atoms with van der Waals surface area (Å²) in [4.78, 5) is 36.4. The van der Waals surface area contributed by atoms with Gasteiger partial charge >= 0.3 is 17.9 Å². The maximum absolute atomic E-state index is 12.3. The minimum Gasteiger partial charge on any atom is -0.462 e. The average Bonchev–Trinajstić information content (AvgIpc) is 3.13. The number of hydrogen-bond donors (Lipinski definition) is 0. The van der Waals surface area contributed by atoms with Crippen LogP contribution >= 0.6 is 11.6 Å². The zero-order valence-electron chi connectivity index (χ0n) is 16.8. The molecule has 0 radical (unpaired) electrons. The molecule has 0 aliphatic carbocycles. The van der Waals surface area contributed by atoms with Crippen molar-refractivity contribution in [1.29, 1.82) is 0 Å². The number of halogens is 1. The molecule has 0 atom stereocenters. The van der Waals surface area contributed by atoms with Crippen LogP contribution in [0.1, 0.15) is 49.7 Å². The maximum atomic E-state index is 12.3. The van der Waals surface area contributed by atoms with E-state index in [-0.39, 0.29) is 21.9 Å². The van der Waals surface area contributed by atoms with Gasteiger partial charge in [0.15, 0.2) is 0 Å². The average molecular weight is 433 g/mol. The van der Waals surface area contributed by atoms with E-state index in [9.17, 15) is 14.4 Å². The second-order valence-corrected chi connectivity index (χ2v) is 7.53. The fraction of sp³-hybridized carbons (Fsp3) is 0.318. The van der Waals surface area contributed by atoms with E-state index < -0.39 is 23.7 Å². The predicted octanol–water partition coefficient (Wildman–Crippen LogP) is 4.78. The van der Waals surface area contributed by atoms with Crippen LogP contribution in [0, 0.1) is 0 Å². The third kappa shape index (κ3) is 4.91. The molecule has 8 heteroatoms. The van der Waals surface area contributed by atoms with Gasteiger partial charge in [-0.2, -0.15) is 0 Å². The summed E-state index contributed by atoms with van der Waals surface area (Å²) in [5.41, 5.74) is 0.538. The van der Waals surface area contributed by atoms with Gasteiger partial charge in [0, 0.05) is 25.5 Å². The first kappa shape index (κ1) is 21.6. The zero-order valence-corrected chi connectivity index (χ0v) is 17.6. The molecule has 1 aliphatic heterocycles. The van der Waals surface area contributed by atoms with Crippen molar-refractivity contribution in [2.75, 3.05) is 6.61 Å². The minimum atomic E-state index is -1.31. The molecule has 2 heterocycles. The van der Waals surface area contributed by atoms with E-state index in [1.54, 1.807) is 30.3 Å². The summed E-state index contributed by atoms with van der Waals surface area (Å²) in [6, 6.07) is 8.05. The van der Waals surface area contributed by atoms with Crippen LogP contribution in [-0.2, 0) is 23.8 Å². The number of ether oxygens (including phenoxy) is 3. The predicted molar refractivity (Wildman–Crippen MR) is 109 cm³/mol. The summed E-state index contributed by atoms with van der Waals surface area (Å²) in [5, 5.41) is 0.268. The number of carbonyl (C=O) groups excluding carboxylic acids is 3. The van der Waals surface area contributed by atoms with Crippen LogP contribution < -0.4 is 0 Å². The van der Waals surface area contributed by atoms with Gasteiger partial charge in [0.25, 0.3) is 5.79 Å². The molecule has 1 aromatic heterocycles. The minimum absolute atomic E-state index is 0.225. The molecular weight excluding hydrogens is 412 g/mol. The lowest BCUT2D eigenvalue weighted by atomic mass is 10.1. The highest BCUT2D eigenvalue weighted by Crippen LogP contribution is 2.29. The molecule has 1 fully saturated rings. The van der Waals surface area contributed by atoms with Gasteiger partial charge in [-0.3, -0.25) is 0 Å². The Kier molecular flexibility index (Phi) is 6.31. The van der Waals surface area contributed by atoms with Crippen molar-refractivity contribution >= 4 is 35.6 Å². The van der Waals surface area contributed by atoms with Crippen LogP contribution in [0.25, 0.3) is 17.4 Å². The number of benzene rings is 1. The van der Waals surface area contributed by atoms with E-state index in [0.29, 0.717) is 17.9 Å². The molecule has 0 saturated carbocycles. The van der Waals surface area contributed by atoms with Crippen LogP contribution in [0.4, 0.5) is 0 Å². The van der Waals surface area contributed by atoms with Gasteiger partial charge in [-0.05, 0) is 36.8 Å². The number of cyclic esters (lactones) is 2. The van der Waals surface area contributed by atoms with E-state index in [4.69, 9.17) is 30.2 Å². The van der Waals surface area contributed by atoms with Gasteiger partial charge in [-0.15, -0.1) is 0 Å². The Bertz CT molecular complexity index is 994. The van der Waals surface area contributed by atoms with Crippen molar-refractivity contribution in [3.8, 4) is 11.3 Å². The summed E-state index contributed by atoms with van der Waals surface area (Å²) < 4.78 is 21.0. The standard InChI is InChI=1S/C22H21ClO7/c1-4-5-10-27-19(24)15-11-13(6-8-17(15)23)18-9-7-14(28-18)12-16-20(25)29-22(2,3)30-21(16)26/h6-9,11-12H,4-5,10H2,1-3H3. The molecule has 0 bridgehead atoms. The van der Waals surface area contributed by atoms with Crippen molar-refractivity contribution in [3.05, 3.63) is 52.3 Å². The number of hydrogen-bond acceptors (Lipinski definition) is 7. The van der Waals surface area contributed by atoms with Gasteiger partial charge < -0.3 is 18.6 Å². The number of unbranched alkanes of at least 4 members (excludes halogenated alkanes) is 1. The third-order valence-corrected chi connectivity index (χ3v) is 4.56. The lowest BCUT2D eigenvalue weighted by molar-refractivity contribution is -0.222. The molecule has 0 N–H and O–H groups in total. The van der Waals surface area contributed by atoms with Gasteiger partial charge in [0.2, 0.25) is 0 Å². The second kappa shape index (κ2) is 8.75. The van der Waals surface area contributed by atoms with Gasteiger partial charge in [-0.1, -0.05) is 24.9 Å². The van der Waals surface area contributed by atoms with Crippen LogP contribution in [0.15, 0.2) is 40.3 Å². The van der Waals surface area contributed by atoms with Crippen molar-refractivity contribution in [2.45, 2.75) is 39.4 Å². The van der Waals surface area contributed by atoms with E-state index in [1.807, 2.05) is 6.92 Å². The number of esters is 3. The smallest absolute Gasteiger partial charge is 0.348 e. The SMILES string of the molecule is CCCCOC(=O)c1cc(-c2ccc(C=C3C(=O)OC(C)(C)OC3=O)o2)ccc1Cl. The normalized spacial score (nSPS) is 15.4. The first-order valence-electron chi connectivity index (χ1n) is 9.45. The lowest BCUT2D eigenvalue weighted by Crippen LogP contribution is -2.41. The highest BCUT2D eigenvalue weighted by Gasteiger charge is 2.39. The summed E-state index contributed by atoms with van der Waals surface area (Å²) in [5.74, 6) is -2.75. The third-order valence-electron chi connectivity index (χ3n) is 4.23. The van der Waals surface area contributed by atoms with E-state index in [2.05, 4.69) is 0 Å². The Morgan fingerprint density at radius 2 is 1.83 bits per heavy atom. The maximum Gasteiger partial charge on any atom is 0.348 e. The fourth-order valence-electron chi connectivity index (χ4n) is 2.73. The summed E-state index contributed by atoms with van der Waals surface area (Å²) >= 11 is 6.14. The molecule has 158 valence electrons. The molecule has 0 unspecified atom stereocenters. The molecule has 7 nitrogen and oxygen atoms in total.